The first-order valence-electron chi connectivity index (χ1n) is 13.3. The van der Waals surface area contributed by atoms with E-state index in [0.29, 0.717) is 28.1 Å². The maximum atomic E-state index is 12.4. The average Bonchev–Trinajstić information content (AvgIpc) is 3.42. The fraction of sp³-hybridized carbons (Fsp3) is 0.156. The summed E-state index contributed by atoms with van der Waals surface area (Å²) in [5.74, 6) is 10.4. The zero-order chi connectivity index (χ0) is 30.1. The van der Waals surface area contributed by atoms with Crippen LogP contribution in [-0.4, -0.2) is 21.6 Å². The molecular weight excluding hydrogens is 569 g/mol. The number of nitrogens with zero attached hydrogens (tertiary/aromatic N) is 3. The molecule has 3 aromatic carbocycles. The third kappa shape index (κ3) is 8.10. The number of aromatic nitrogens is 2. The Morgan fingerprint density at radius 2 is 1.74 bits per heavy atom. The van der Waals surface area contributed by atoms with Gasteiger partial charge in [0.25, 0.3) is 5.91 Å². The molecule has 42 heavy (non-hydrogen) atoms. The first-order valence-corrected chi connectivity index (χ1v) is 14.1. The molecule has 1 amide bonds. The molecule has 0 fully saturated rings. The number of amides is 1. The van der Waals surface area contributed by atoms with Crippen molar-refractivity contribution in [2.75, 3.05) is 0 Å². The summed E-state index contributed by atoms with van der Waals surface area (Å²) < 4.78 is 1.91. The number of benzene rings is 3. The Hall–Kier alpha value is -4.37. The van der Waals surface area contributed by atoms with E-state index in [1.54, 1.807) is 18.2 Å². The van der Waals surface area contributed by atoms with Crippen LogP contribution in [0.15, 0.2) is 102 Å². The maximum absolute atomic E-state index is 12.4. The molecule has 0 saturated carbocycles. The van der Waals surface area contributed by atoms with Crippen LogP contribution >= 0.6 is 23.2 Å². The van der Waals surface area contributed by atoms with Crippen molar-refractivity contribution in [2.24, 2.45) is 16.8 Å². The molecule has 1 unspecified atom stereocenters. The van der Waals surface area contributed by atoms with Crippen LogP contribution in [0.4, 0.5) is 0 Å². The quantitative estimate of drug-likeness (QED) is 0.0574. The van der Waals surface area contributed by atoms with E-state index in [4.69, 9.17) is 40.0 Å². The third-order valence-electron chi connectivity index (χ3n) is 6.70. The molecule has 0 aliphatic heterocycles. The van der Waals surface area contributed by atoms with E-state index >= 15 is 0 Å². The van der Waals surface area contributed by atoms with Gasteiger partial charge in [-0.2, -0.15) is 5.10 Å². The SMILES string of the molecule is C/C(=C\C/C=C\C(C)c1ccccc1)c1cc(-c2cc(Cl)cc(Cl)c2)n(Cc2ccc(C(=O)N/C(=N/N)NN)cc2)n1. The second kappa shape index (κ2) is 14.5. The van der Waals surface area contributed by atoms with Crippen LogP contribution in [0.3, 0.4) is 0 Å². The fourth-order valence-corrected chi connectivity index (χ4v) is 4.91. The van der Waals surface area contributed by atoms with Crippen LogP contribution < -0.4 is 22.4 Å². The summed E-state index contributed by atoms with van der Waals surface area (Å²) in [6.45, 7) is 4.70. The molecule has 0 bridgehead atoms. The Balaban J connectivity index is 1.56. The Labute approximate surface area is 255 Å². The number of hydrogen-bond acceptors (Lipinski definition) is 5. The summed E-state index contributed by atoms with van der Waals surface area (Å²) in [6.07, 6.45) is 7.35. The lowest BCUT2D eigenvalue weighted by Crippen LogP contribution is -2.45. The second-order valence-corrected chi connectivity index (χ2v) is 10.6. The van der Waals surface area contributed by atoms with Crippen molar-refractivity contribution in [3.05, 3.63) is 130 Å². The van der Waals surface area contributed by atoms with Crippen molar-refractivity contribution in [3.8, 4) is 11.3 Å². The van der Waals surface area contributed by atoms with Crippen LogP contribution in [0, 0.1) is 0 Å². The van der Waals surface area contributed by atoms with E-state index in [0.717, 1.165) is 34.5 Å². The molecule has 0 aliphatic carbocycles. The van der Waals surface area contributed by atoms with Gasteiger partial charge >= 0.3 is 0 Å². The molecule has 0 radical (unpaired) electrons. The smallest absolute Gasteiger partial charge is 0.258 e. The molecule has 6 N–H and O–H groups in total. The highest BCUT2D eigenvalue weighted by Gasteiger charge is 2.14. The maximum Gasteiger partial charge on any atom is 0.258 e. The standard InChI is InChI=1S/C32H33Cl2N7O/c1-21(24-10-4-3-5-11-24)8-6-7-9-22(2)29-19-30(26-16-27(33)18-28(34)17-26)41(40-29)20-23-12-14-25(15-13-23)31(42)37-32(38-35)39-36/h3-6,8-19,21H,7,20,35-36H2,1-2H3,(H2,37,38,39,42)/b8-6-,22-9+. The number of carbonyl (C=O) groups is 1. The fourth-order valence-electron chi connectivity index (χ4n) is 4.38. The zero-order valence-electron chi connectivity index (χ0n) is 23.4. The summed E-state index contributed by atoms with van der Waals surface area (Å²) in [4.78, 5) is 12.4. The highest BCUT2D eigenvalue weighted by molar-refractivity contribution is 6.35. The van der Waals surface area contributed by atoms with Gasteiger partial charge in [0, 0.05) is 21.2 Å². The molecule has 8 nitrogen and oxygen atoms in total. The topological polar surface area (TPSA) is 123 Å². The number of allylic oxidation sites excluding steroid dienone is 4. The van der Waals surface area contributed by atoms with Crippen LogP contribution in [0.5, 0.6) is 0 Å². The minimum absolute atomic E-state index is 0.0393. The van der Waals surface area contributed by atoms with Crippen molar-refractivity contribution in [1.29, 1.82) is 0 Å². The highest BCUT2D eigenvalue weighted by Crippen LogP contribution is 2.30. The third-order valence-corrected chi connectivity index (χ3v) is 7.14. The molecule has 0 aliphatic rings. The second-order valence-electron chi connectivity index (χ2n) is 9.75. The van der Waals surface area contributed by atoms with Crippen molar-refractivity contribution >= 4 is 40.6 Å². The van der Waals surface area contributed by atoms with Gasteiger partial charge in [0.1, 0.15) is 0 Å². The Kier molecular flexibility index (Phi) is 10.6. The molecule has 1 atom stereocenters. The molecule has 0 saturated heterocycles. The van der Waals surface area contributed by atoms with Gasteiger partial charge < -0.3 is 5.84 Å². The first kappa shape index (κ1) is 30.6. The number of hydrogen-bond donors (Lipinski definition) is 4. The molecule has 4 aromatic rings. The normalized spacial score (nSPS) is 12.9. The lowest BCUT2D eigenvalue weighted by molar-refractivity contribution is 0.0975. The van der Waals surface area contributed by atoms with Crippen molar-refractivity contribution in [3.63, 3.8) is 0 Å². The molecule has 216 valence electrons. The first-order chi connectivity index (χ1) is 20.3. The largest absolute Gasteiger partial charge is 0.320 e. The number of carbonyl (C=O) groups excluding carboxylic acids is 1. The average molecular weight is 603 g/mol. The number of rotatable bonds is 9. The van der Waals surface area contributed by atoms with E-state index in [-0.39, 0.29) is 5.96 Å². The van der Waals surface area contributed by atoms with Gasteiger partial charge in [-0.3, -0.25) is 20.2 Å². The summed E-state index contributed by atoms with van der Waals surface area (Å²) in [6, 6.07) is 25.1. The molecular formula is C32H33Cl2N7O. The Morgan fingerprint density at radius 1 is 1.05 bits per heavy atom. The number of hydrazine groups is 1. The van der Waals surface area contributed by atoms with Gasteiger partial charge in [0.15, 0.2) is 0 Å². The van der Waals surface area contributed by atoms with Gasteiger partial charge in [-0.1, -0.05) is 90.8 Å². The van der Waals surface area contributed by atoms with E-state index in [2.05, 4.69) is 72.2 Å². The van der Waals surface area contributed by atoms with Gasteiger partial charge in [0.05, 0.1) is 17.9 Å². The Morgan fingerprint density at radius 3 is 2.38 bits per heavy atom. The predicted molar refractivity (Wildman–Crippen MR) is 172 cm³/mol. The van der Waals surface area contributed by atoms with Crippen LogP contribution in [0.2, 0.25) is 10.0 Å². The van der Waals surface area contributed by atoms with Gasteiger partial charge in [0.2, 0.25) is 5.96 Å². The van der Waals surface area contributed by atoms with Crippen LogP contribution in [0.1, 0.15) is 53.4 Å². The molecule has 0 spiro atoms. The van der Waals surface area contributed by atoms with Crippen molar-refractivity contribution < 1.29 is 4.79 Å². The van der Waals surface area contributed by atoms with Crippen molar-refractivity contribution in [2.45, 2.75) is 32.7 Å². The monoisotopic (exact) mass is 601 g/mol. The highest BCUT2D eigenvalue weighted by atomic mass is 35.5. The summed E-state index contributed by atoms with van der Waals surface area (Å²) >= 11 is 12.7. The minimum atomic E-state index is -0.396. The van der Waals surface area contributed by atoms with E-state index in [1.807, 2.05) is 41.1 Å². The Bertz CT molecular complexity index is 1590. The number of nitrogens with two attached hydrogens (primary N) is 2. The molecule has 10 heteroatoms. The molecule has 1 aromatic heterocycles. The summed E-state index contributed by atoms with van der Waals surface area (Å²) in [5.41, 5.74) is 8.50. The summed E-state index contributed by atoms with van der Waals surface area (Å²) in [7, 11) is 0. The molecule has 1 heterocycles. The van der Waals surface area contributed by atoms with Crippen LogP contribution in [-0.2, 0) is 6.54 Å². The van der Waals surface area contributed by atoms with Gasteiger partial charge in [-0.25, -0.2) is 5.84 Å². The minimum Gasteiger partial charge on any atom is -0.320 e. The van der Waals surface area contributed by atoms with Gasteiger partial charge in [-0.05, 0) is 72.4 Å². The number of halogens is 2. The van der Waals surface area contributed by atoms with Crippen molar-refractivity contribution in [1.82, 2.24) is 20.5 Å². The number of hydrazone groups is 1. The predicted octanol–water partition coefficient (Wildman–Crippen LogP) is 6.48. The van der Waals surface area contributed by atoms with E-state index in [1.165, 1.54) is 5.56 Å². The van der Waals surface area contributed by atoms with E-state index < -0.39 is 5.91 Å². The lowest BCUT2D eigenvalue weighted by atomic mass is 10.0. The zero-order valence-corrected chi connectivity index (χ0v) is 24.9. The van der Waals surface area contributed by atoms with E-state index in [9.17, 15) is 4.79 Å². The number of guanidine groups is 1. The number of nitrogens with one attached hydrogen (secondary N) is 2. The molecule has 4 rings (SSSR count). The summed E-state index contributed by atoms with van der Waals surface area (Å²) in [5, 5.41) is 11.9. The lowest BCUT2D eigenvalue weighted by Gasteiger charge is -2.10. The van der Waals surface area contributed by atoms with Gasteiger partial charge in [-0.15, -0.1) is 5.10 Å². The van der Waals surface area contributed by atoms with Crippen LogP contribution in [0.25, 0.3) is 16.8 Å².